The largest absolute Gasteiger partial charge is 0.313 e. The summed E-state index contributed by atoms with van der Waals surface area (Å²) in [6.07, 6.45) is 6.79. The maximum absolute atomic E-state index is 2.49. The summed E-state index contributed by atoms with van der Waals surface area (Å²) in [4.78, 5) is 0. The minimum Gasteiger partial charge on any atom is -0.313 e. The fourth-order valence-electron chi connectivity index (χ4n) is 6.70. The number of aromatic nitrogens is 2. The van der Waals surface area contributed by atoms with Crippen LogP contribution in [-0.2, 0) is 6.42 Å². The number of benzene rings is 5. The molecule has 1 aliphatic rings. The van der Waals surface area contributed by atoms with Gasteiger partial charge in [-0.3, -0.25) is 0 Å². The predicted molar refractivity (Wildman–Crippen MR) is 168 cm³/mol. The first-order valence-corrected chi connectivity index (χ1v) is 14.4. The highest BCUT2D eigenvalue weighted by atomic mass is 32.1. The van der Waals surface area contributed by atoms with Gasteiger partial charge in [0.15, 0.2) is 0 Å². The summed E-state index contributed by atoms with van der Waals surface area (Å²) in [6.45, 7) is 0. The minimum absolute atomic E-state index is 1.07. The second-order valence-electron chi connectivity index (χ2n) is 10.5. The first-order chi connectivity index (χ1) is 19.3. The monoisotopic (exact) mass is 516 g/mol. The average molecular weight is 517 g/mol. The van der Waals surface area contributed by atoms with Crippen LogP contribution in [0.5, 0.6) is 0 Å². The molecule has 0 spiro atoms. The van der Waals surface area contributed by atoms with Gasteiger partial charge in [-0.1, -0.05) is 66.7 Å². The van der Waals surface area contributed by atoms with Crippen LogP contribution in [0.15, 0.2) is 115 Å². The molecule has 0 radical (unpaired) electrons. The molecule has 9 rings (SSSR count). The predicted octanol–water partition coefficient (Wildman–Crippen LogP) is 10.1. The summed E-state index contributed by atoms with van der Waals surface area (Å²) in [5, 5.41) is 6.58. The molecule has 0 aliphatic heterocycles. The van der Waals surface area contributed by atoms with E-state index in [4.69, 9.17) is 0 Å². The molecule has 0 amide bonds. The lowest BCUT2D eigenvalue weighted by atomic mass is 10.0. The lowest BCUT2D eigenvalue weighted by molar-refractivity contribution is 0.889. The third kappa shape index (κ3) is 2.96. The molecule has 39 heavy (non-hydrogen) atoms. The normalized spacial score (nSPS) is 13.3. The molecule has 0 atom stereocenters. The van der Waals surface area contributed by atoms with Crippen LogP contribution in [0.4, 0.5) is 0 Å². The molecule has 184 valence electrons. The molecule has 3 heteroatoms. The van der Waals surface area contributed by atoms with Crippen molar-refractivity contribution in [2.24, 2.45) is 0 Å². The number of hydrogen-bond acceptors (Lipinski definition) is 1. The molecular weight excluding hydrogens is 492 g/mol. The van der Waals surface area contributed by atoms with E-state index < -0.39 is 0 Å². The van der Waals surface area contributed by atoms with E-state index in [1.54, 1.807) is 0 Å². The Labute approximate surface area is 229 Å². The van der Waals surface area contributed by atoms with Crippen molar-refractivity contribution in [1.82, 2.24) is 9.13 Å². The maximum atomic E-state index is 2.49. The summed E-state index contributed by atoms with van der Waals surface area (Å²) in [7, 11) is 0. The Hall–Kier alpha value is -4.60. The van der Waals surface area contributed by atoms with E-state index in [1.165, 1.54) is 75.5 Å². The number of rotatable bonds is 2. The van der Waals surface area contributed by atoms with Crippen molar-refractivity contribution in [1.29, 1.82) is 0 Å². The van der Waals surface area contributed by atoms with Crippen LogP contribution in [0.25, 0.3) is 70.3 Å². The maximum Gasteiger partial charge on any atom is 0.0541 e. The van der Waals surface area contributed by atoms with Crippen molar-refractivity contribution in [2.45, 2.75) is 12.8 Å². The zero-order valence-electron chi connectivity index (χ0n) is 21.3. The van der Waals surface area contributed by atoms with Gasteiger partial charge in [-0.15, -0.1) is 11.3 Å². The van der Waals surface area contributed by atoms with Gasteiger partial charge in [0.25, 0.3) is 0 Å². The minimum atomic E-state index is 1.07. The standard InChI is InChI=1S/C36H24N2S/c1-5-13-31-25(9-1)26-10-2-6-14-32(26)37(31)23-17-19-35-29(21-23)30-22-24(18-20-36(30)39-35)38-33-15-7-3-11-27(33)28-12-4-8-16-34(28)38/h1-7,9-15,17-22H,8,16H2. The van der Waals surface area contributed by atoms with Gasteiger partial charge in [0, 0.05) is 59.0 Å². The molecule has 5 aromatic carbocycles. The molecule has 3 heterocycles. The Balaban J connectivity index is 1.31. The summed E-state index contributed by atoms with van der Waals surface area (Å²) in [5.74, 6) is 0. The Morgan fingerprint density at radius 3 is 1.69 bits per heavy atom. The van der Waals surface area contributed by atoms with Crippen molar-refractivity contribution in [3.63, 3.8) is 0 Å². The molecular formula is C36H24N2S. The van der Waals surface area contributed by atoms with E-state index in [0.717, 1.165) is 12.8 Å². The van der Waals surface area contributed by atoms with Crippen LogP contribution in [-0.4, -0.2) is 9.13 Å². The quantitative estimate of drug-likeness (QED) is 0.216. The van der Waals surface area contributed by atoms with Crippen LogP contribution in [0.3, 0.4) is 0 Å². The third-order valence-electron chi connectivity index (χ3n) is 8.38. The highest BCUT2D eigenvalue weighted by molar-refractivity contribution is 7.25. The Kier molecular flexibility index (Phi) is 4.35. The van der Waals surface area contributed by atoms with E-state index in [0.29, 0.717) is 0 Å². The van der Waals surface area contributed by atoms with Crippen LogP contribution >= 0.6 is 11.3 Å². The Bertz CT molecular complexity index is 2240. The van der Waals surface area contributed by atoms with Gasteiger partial charge in [-0.05, 0) is 67.4 Å². The van der Waals surface area contributed by atoms with Crippen LogP contribution in [0.2, 0.25) is 0 Å². The van der Waals surface area contributed by atoms with Crippen molar-refractivity contribution < 1.29 is 0 Å². The van der Waals surface area contributed by atoms with Crippen molar-refractivity contribution in [3.8, 4) is 11.4 Å². The second kappa shape index (κ2) is 7.95. The first-order valence-electron chi connectivity index (χ1n) is 13.6. The summed E-state index contributed by atoms with van der Waals surface area (Å²) in [6, 6.07) is 40.3. The summed E-state index contributed by atoms with van der Waals surface area (Å²) >= 11 is 1.88. The summed E-state index contributed by atoms with van der Waals surface area (Å²) < 4.78 is 7.57. The number of para-hydroxylation sites is 3. The lowest BCUT2D eigenvalue weighted by Crippen LogP contribution is -2.02. The van der Waals surface area contributed by atoms with Gasteiger partial charge in [0.1, 0.15) is 0 Å². The number of thiophene rings is 1. The van der Waals surface area contributed by atoms with Crippen LogP contribution in [0, 0.1) is 0 Å². The molecule has 2 nitrogen and oxygen atoms in total. The smallest absolute Gasteiger partial charge is 0.0541 e. The van der Waals surface area contributed by atoms with Gasteiger partial charge in [-0.2, -0.15) is 0 Å². The highest BCUT2D eigenvalue weighted by Gasteiger charge is 2.19. The van der Waals surface area contributed by atoms with E-state index in [1.807, 2.05) is 11.3 Å². The number of allylic oxidation sites excluding steroid dienone is 1. The van der Waals surface area contributed by atoms with Gasteiger partial charge >= 0.3 is 0 Å². The first kappa shape index (κ1) is 21.3. The molecule has 1 aliphatic carbocycles. The zero-order valence-corrected chi connectivity index (χ0v) is 22.1. The van der Waals surface area contributed by atoms with E-state index in [9.17, 15) is 0 Å². The fraction of sp³-hybridized carbons (Fsp3) is 0.0556. The van der Waals surface area contributed by atoms with Crippen molar-refractivity contribution in [2.75, 3.05) is 0 Å². The number of nitrogens with zero attached hydrogens (tertiary/aromatic N) is 2. The van der Waals surface area contributed by atoms with Crippen LogP contribution < -0.4 is 0 Å². The van der Waals surface area contributed by atoms with Gasteiger partial charge in [0.2, 0.25) is 0 Å². The molecule has 8 aromatic rings. The molecule has 0 N–H and O–H groups in total. The van der Waals surface area contributed by atoms with E-state index >= 15 is 0 Å². The zero-order chi connectivity index (χ0) is 25.5. The highest BCUT2D eigenvalue weighted by Crippen LogP contribution is 2.40. The second-order valence-corrected chi connectivity index (χ2v) is 11.6. The van der Waals surface area contributed by atoms with Crippen molar-refractivity contribution >= 4 is 70.3 Å². The molecule has 0 bridgehead atoms. The van der Waals surface area contributed by atoms with Gasteiger partial charge in [-0.25, -0.2) is 0 Å². The third-order valence-corrected chi connectivity index (χ3v) is 9.53. The average Bonchev–Trinajstić information content (AvgIpc) is 3.64. The molecule has 3 aromatic heterocycles. The molecule has 0 saturated heterocycles. The van der Waals surface area contributed by atoms with E-state index in [-0.39, 0.29) is 0 Å². The summed E-state index contributed by atoms with van der Waals surface area (Å²) in [5.41, 5.74) is 9.04. The van der Waals surface area contributed by atoms with Crippen LogP contribution in [0.1, 0.15) is 17.7 Å². The van der Waals surface area contributed by atoms with E-state index in [2.05, 4.69) is 130 Å². The molecule has 0 saturated carbocycles. The number of hydrogen-bond donors (Lipinski definition) is 0. The van der Waals surface area contributed by atoms with Gasteiger partial charge in [0.05, 0.1) is 16.6 Å². The Morgan fingerprint density at radius 2 is 1.05 bits per heavy atom. The molecule has 0 fully saturated rings. The number of fused-ring (bicyclic) bond motifs is 9. The Morgan fingerprint density at radius 1 is 0.513 bits per heavy atom. The SMILES string of the molecule is C1=Cc2c(n(-c3ccc4sc5ccc(-n6c7ccccc7c7ccccc76)cc5c4c3)c3ccccc23)CC1. The fourth-order valence-corrected chi connectivity index (χ4v) is 7.77. The molecule has 0 unspecified atom stereocenters. The van der Waals surface area contributed by atoms with Gasteiger partial charge < -0.3 is 9.13 Å². The lowest BCUT2D eigenvalue weighted by Gasteiger charge is -2.13. The topological polar surface area (TPSA) is 9.86 Å². The van der Waals surface area contributed by atoms with Crippen molar-refractivity contribution in [3.05, 3.63) is 127 Å².